The van der Waals surface area contributed by atoms with Crippen LogP contribution in [0.4, 0.5) is 10.2 Å². The second kappa shape index (κ2) is 11.7. The highest BCUT2D eigenvalue weighted by molar-refractivity contribution is 14.0. The SMILES string of the molecule is I.N#Cc1c(CCCN=C(N)NC2CCCCCC2)nn(-c2ccc(F)cc2)c1N. The van der Waals surface area contributed by atoms with Gasteiger partial charge in [-0.15, -0.1) is 24.0 Å². The number of aliphatic imine (C=N–C) groups is 1. The van der Waals surface area contributed by atoms with Crippen molar-refractivity contribution in [3.63, 3.8) is 0 Å². The summed E-state index contributed by atoms with van der Waals surface area (Å²) >= 11 is 0. The van der Waals surface area contributed by atoms with Crippen LogP contribution in [0, 0.1) is 17.1 Å². The monoisotopic (exact) mass is 525 g/mol. The lowest BCUT2D eigenvalue weighted by atomic mass is 10.1. The molecule has 1 aliphatic rings. The van der Waals surface area contributed by atoms with Gasteiger partial charge in [-0.3, -0.25) is 4.99 Å². The number of aromatic nitrogens is 2. The molecule has 1 aliphatic carbocycles. The van der Waals surface area contributed by atoms with Crippen LogP contribution in [-0.2, 0) is 6.42 Å². The summed E-state index contributed by atoms with van der Waals surface area (Å²) < 4.78 is 14.6. The predicted octanol–water partition coefficient (Wildman–Crippen LogP) is 3.64. The van der Waals surface area contributed by atoms with Gasteiger partial charge in [-0.05, 0) is 49.9 Å². The normalized spacial score (nSPS) is 15.1. The second-order valence-electron chi connectivity index (χ2n) is 7.41. The number of nitriles is 1. The van der Waals surface area contributed by atoms with Crippen LogP contribution in [0.5, 0.6) is 0 Å². The number of aryl methyl sites for hydroxylation is 1. The number of hydrogen-bond acceptors (Lipinski definition) is 4. The molecule has 30 heavy (non-hydrogen) atoms. The maximum atomic E-state index is 13.2. The molecule has 0 spiro atoms. The summed E-state index contributed by atoms with van der Waals surface area (Å²) in [6, 6.07) is 8.36. The molecule has 1 heterocycles. The Labute approximate surface area is 193 Å². The number of nitrogens with zero attached hydrogens (tertiary/aromatic N) is 4. The molecule has 9 heteroatoms. The fourth-order valence-electron chi connectivity index (χ4n) is 3.68. The van der Waals surface area contributed by atoms with E-state index >= 15 is 0 Å². The summed E-state index contributed by atoms with van der Waals surface area (Å²) in [6.07, 6.45) is 8.60. The van der Waals surface area contributed by atoms with Crippen LogP contribution in [0.3, 0.4) is 0 Å². The first kappa shape index (κ1) is 23.9. The maximum absolute atomic E-state index is 13.2. The fourth-order valence-corrected chi connectivity index (χ4v) is 3.68. The minimum atomic E-state index is -0.340. The molecule has 3 rings (SSSR count). The summed E-state index contributed by atoms with van der Waals surface area (Å²) in [7, 11) is 0. The molecule has 1 aromatic heterocycles. The van der Waals surface area contributed by atoms with Gasteiger partial charge >= 0.3 is 0 Å². The fraction of sp³-hybridized carbons (Fsp3) is 0.476. The van der Waals surface area contributed by atoms with Crippen molar-refractivity contribution in [2.24, 2.45) is 10.7 Å². The minimum Gasteiger partial charge on any atom is -0.382 e. The summed E-state index contributed by atoms with van der Waals surface area (Å²) in [6.45, 7) is 0.541. The summed E-state index contributed by atoms with van der Waals surface area (Å²) in [5.41, 5.74) is 13.7. The van der Waals surface area contributed by atoms with E-state index in [0.29, 0.717) is 48.3 Å². The van der Waals surface area contributed by atoms with Crippen molar-refractivity contribution in [1.82, 2.24) is 15.1 Å². The van der Waals surface area contributed by atoms with Crippen molar-refractivity contribution in [3.05, 3.63) is 41.3 Å². The lowest BCUT2D eigenvalue weighted by Crippen LogP contribution is -2.39. The van der Waals surface area contributed by atoms with Crippen LogP contribution in [0.2, 0.25) is 0 Å². The van der Waals surface area contributed by atoms with Gasteiger partial charge in [-0.1, -0.05) is 25.7 Å². The van der Waals surface area contributed by atoms with E-state index in [9.17, 15) is 9.65 Å². The number of nitrogens with one attached hydrogen (secondary N) is 1. The number of nitrogen functional groups attached to an aromatic ring is 1. The Balaban J connectivity index is 0.00000320. The zero-order valence-electron chi connectivity index (χ0n) is 17.0. The van der Waals surface area contributed by atoms with E-state index in [1.54, 1.807) is 12.1 Å². The van der Waals surface area contributed by atoms with Gasteiger partial charge in [0.1, 0.15) is 23.3 Å². The highest BCUT2D eigenvalue weighted by atomic mass is 127. The van der Waals surface area contributed by atoms with Crippen molar-refractivity contribution >= 4 is 35.8 Å². The molecule has 1 fully saturated rings. The predicted molar refractivity (Wildman–Crippen MR) is 128 cm³/mol. The van der Waals surface area contributed by atoms with Crippen molar-refractivity contribution in [1.29, 1.82) is 5.26 Å². The Kier molecular flexibility index (Phi) is 9.36. The minimum absolute atomic E-state index is 0. The lowest BCUT2D eigenvalue weighted by Gasteiger charge is -2.16. The third-order valence-corrected chi connectivity index (χ3v) is 5.24. The van der Waals surface area contributed by atoms with E-state index in [4.69, 9.17) is 11.5 Å². The molecular formula is C21H29FIN7. The van der Waals surface area contributed by atoms with E-state index in [0.717, 1.165) is 12.8 Å². The molecule has 0 saturated heterocycles. The van der Waals surface area contributed by atoms with Crippen LogP contribution >= 0.6 is 24.0 Å². The lowest BCUT2D eigenvalue weighted by molar-refractivity contribution is 0.530. The smallest absolute Gasteiger partial charge is 0.188 e. The van der Waals surface area contributed by atoms with Gasteiger partial charge in [0.25, 0.3) is 0 Å². The van der Waals surface area contributed by atoms with Crippen LogP contribution in [-0.4, -0.2) is 28.3 Å². The molecule has 0 bridgehead atoms. The summed E-state index contributed by atoms with van der Waals surface area (Å²) in [4.78, 5) is 4.41. The molecule has 7 nitrogen and oxygen atoms in total. The number of hydrogen-bond donors (Lipinski definition) is 3. The average Bonchev–Trinajstić information content (AvgIpc) is 2.86. The largest absolute Gasteiger partial charge is 0.382 e. The van der Waals surface area contributed by atoms with Gasteiger partial charge in [0, 0.05) is 12.6 Å². The van der Waals surface area contributed by atoms with E-state index in [-0.39, 0.29) is 35.6 Å². The van der Waals surface area contributed by atoms with E-state index < -0.39 is 0 Å². The number of rotatable bonds is 6. The molecule has 1 saturated carbocycles. The van der Waals surface area contributed by atoms with Gasteiger partial charge in [-0.2, -0.15) is 10.4 Å². The maximum Gasteiger partial charge on any atom is 0.188 e. The van der Waals surface area contributed by atoms with E-state index in [2.05, 4.69) is 21.5 Å². The van der Waals surface area contributed by atoms with Crippen LogP contribution in [0.25, 0.3) is 5.69 Å². The Morgan fingerprint density at radius 3 is 2.53 bits per heavy atom. The Morgan fingerprint density at radius 1 is 1.23 bits per heavy atom. The highest BCUT2D eigenvalue weighted by Crippen LogP contribution is 2.22. The van der Waals surface area contributed by atoms with Crippen molar-refractivity contribution in [3.8, 4) is 11.8 Å². The number of guanidine groups is 1. The highest BCUT2D eigenvalue weighted by Gasteiger charge is 2.16. The van der Waals surface area contributed by atoms with Crippen LogP contribution in [0.15, 0.2) is 29.3 Å². The van der Waals surface area contributed by atoms with Crippen molar-refractivity contribution in [2.45, 2.75) is 57.4 Å². The molecule has 0 atom stereocenters. The molecule has 0 amide bonds. The standard InChI is InChI=1S/C21H28FN7.HI/c22-15-9-11-17(12-10-15)29-20(24)18(14-23)19(28-29)8-5-13-26-21(25)27-16-6-3-1-2-4-7-16;/h9-12,16H,1-8,13,24H2,(H3,25,26,27);1H. The number of benzene rings is 1. The summed E-state index contributed by atoms with van der Waals surface area (Å²) in [5.74, 6) is 0.397. The molecule has 0 unspecified atom stereocenters. The number of nitrogens with two attached hydrogens (primary N) is 2. The van der Waals surface area contributed by atoms with Gasteiger partial charge < -0.3 is 16.8 Å². The van der Waals surface area contributed by atoms with Gasteiger partial charge in [0.15, 0.2) is 5.96 Å². The first-order valence-electron chi connectivity index (χ1n) is 10.2. The van der Waals surface area contributed by atoms with E-state index in [1.165, 1.54) is 42.5 Å². The number of halogens is 2. The topological polar surface area (TPSA) is 118 Å². The molecule has 1 aromatic carbocycles. The quantitative estimate of drug-likeness (QED) is 0.175. The van der Waals surface area contributed by atoms with Gasteiger partial charge in [0.05, 0.1) is 11.4 Å². The third-order valence-electron chi connectivity index (χ3n) is 5.24. The summed E-state index contributed by atoms with van der Waals surface area (Å²) in [5, 5.41) is 17.2. The molecular weight excluding hydrogens is 496 g/mol. The zero-order chi connectivity index (χ0) is 20.6. The second-order valence-corrected chi connectivity index (χ2v) is 7.41. The Bertz CT molecular complexity index is 878. The van der Waals surface area contributed by atoms with Crippen LogP contribution < -0.4 is 16.8 Å². The molecule has 5 N–H and O–H groups in total. The first-order chi connectivity index (χ1) is 14.1. The van der Waals surface area contributed by atoms with Gasteiger partial charge in [0.2, 0.25) is 0 Å². The average molecular weight is 525 g/mol. The van der Waals surface area contributed by atoms with Gasteiger partial charge in [-0.25, -0.2) is 9.07 Å². The van der Waals surface area contributed by atoms with Crippen molar-refractivity contribution < 1.29 is 4.39 Å². The Hall–Kier alpha value is -2.35. The molecule has 0 radical (unpaired) electrons. The number of anilines is 1. The zero-order valence-corrected chi connectivity index (χ0v) is 19.3. The molecule has 2 aromatic rings. The van der Waals surface area contributed by atoms with Crippen molar-refractivity contribution in [2.75, 3.05) is 12.3 Å². The molecule has 0 aliphatic heterocycles. The first-order valence-corrected chi connectivity index (χ1v) is 10.2. The third kappa shape index (κ3) is 6.32. The Morgan fingerprint density at radius 2 is 1.90 bits per heavy atom. The molecule has 162 valence electrons. The van der Waals surface area contributed by atoms with E-state index in [1.807, 2.05) is 0 Å². The van der Waals surface area contributed by atoms with Crippen LogP contribution in [0.1, 0.15) is 56.2 Å².